The third kappa shape index (κ3) is 2.24. The van der Waals surface area contributed by atoms with E-state index in [1.54, 1.807) is 0 Å². The molecule has 1 saturated heterocycles. The van der Waals surface area contributed by atoms with Crippen molar-refractivity contribution in [1.82, 2.24) is 10.2 Å². The van der Waals surface area contributed by atoms with Crippen LogP contribution in [0.1, 0.15) is 25.7 Å². The van der Waals surface area contributed by atoms with Gasteiger partial charge in [-0.2, -0.15) is 0 Å². The Morgan fingerprint density at radius 3 is 2.24 bits per heavy atom. The zero-order valence-electron chi connectivity index (χ0n) is 14.3. The molecule has 0 aromatic carbocycles. The van der Waals surface area contributed by atoms with Gasteiger partial charge in [0.25, 0.3) is 0 Å². The lowest BCUT2D eigenvalue weighted by Gasteiger charge is -2.19. The number of imide groups is 1. The number of nitrogens with zero attached hydrogens (tertiary/aromatic N) is 1. The van der Waals surface area contributed by atoms with Gasteiger partial charge in [0.2, 0.25) is 17.7 Å². The Kier molecular flexibility index (Phi) is 3.41. The zero-order chi connectivity index (χ0) is 17.1. The molecule has 5 aliphatic rings. The van der Waals surface area contributed by atoms with Crippen LogP contribution in [0.5, 0.6) is 0 Å². The van der Waals surface area contributed by atoms with Crippen molar-refractivity contribution in [2.75, 3.05) is 13.1 Å². The molecule has 25 heavy (non-hydrogen) atoms. The number of likely N-dealkylation sites (tertiary alicyclic amines) is 1. The van der Waals surface area contributed by atoms with Crippen molar-refractivity contribution in [2.45, 2.75) is 25.7 Å². The summed E-state index contributed by atoms with van der Waals surface area (Å²) in [5.74, 6) is 1.58. The van der Waals surface area contributed by atoms with E-state index in [4.69, 9.17) is 0 Å². The topological polar surface area (TPSA) is 66.5 Å². The minimum absolute atomic E-state index is 0.0106. The monoisotopic (exact) mass is 340 g/mol. The van der Waals surface area contributed by atoms with E-state index < -0.39 is 0 Å². The Bertz CT molecular complexity index is 667. The highest BCUT2D eigenvalue weighted by molar-refractivity contribution is 6.06. The molecule has 1 heterocycles. The van der Waals surface area contributed by atoms with Crippen molar-refractivity contribution in [3.63, 3.8) is 0 Å². The SMILES string of the molecule is O=C(NCCCN1C(=O)[C@@H]2[C@H](C1=O)[C@H]1C=C[C@H]2C1)[C@@H]1C[C@H]2C=C[C@H]1C2. The second-order valence-corrected chi connectivity index (χ2v) is 8.36. The molecule has 7 atom stereocenters. The van der Waals surface area contributed by atoms with Gasteiger partial charge in [-0.05, 0) is 49.4 Å². The first-order chi connectivity index (χ1) is 12.1. The average Bonchev–Trinajstić information content (AvgIpc) is 3.40. The first-order valence-electron chi connectivity index (χ1n) is 9.63. The van der Waals surface area contributed by atoms with Crippen LogP contribution in [0, 0.1) is 41.4 Å². The summed E-state index contributed by atoms with van der Waals surface area (Å²) >= 11 is 0. The van der Waals surface area contributed by atoms with E-state index in [1.807, 2.05) is 0 Å². The first kappa shape index (κ1) is 15.4. The van der Waals surface area contributed by atoms with Gasteiger partial charge in [-0.15, -0.1) is 0 Å². The molecule has 0 unspecified atom stereocenters. The van der Waals surface area contributed by atoms with Crippen LogP contribution >= 0.6 is 0 Å². The van der Waals surface area contributed by atoms with Gasteiger partial charge in [-0.25, -0.2) is 0 Å². The maximum atomic E-state index is 12.6. The minimum atomic E-state index is -0.113. The Hall–Kier alpha value is -1.91. The second kappa shape index (κ2) is 5.55. The molecule has 132 valence electrons. The predicted molar refractivity (Wildman–Crippen MR) is 90.9 cm³/mol. The molecule has 5 heteroatoms. The summed E-state index contributed by atoms with van der Waals surface area (Å²) in [6.07, 6.45) is 12.3. The molecule has 5 rings (SSSR count). The molecular weight excluding hydrogens is 316 g/mol. The highest BCUT2D eigenvalue weighted by Gasteiger charge is 2.58. The van der Waals surface area contributed by atoms with Crippen LogP contribution in [0.4, 0.5) is 0 Å². The number of hydrogen-bond acceptors (Lipinski definition) is 3. The number of carbonyl (C=O) groups excluding carboxylic acids is 3. The summed E-state index contributed by atoms with van der Waals surface area (Å²) in [7, 11) is 0. The first-order valence-corrected chi connectivity index (χ1v) is 9.63. The van der Waals surface area contributed by atoms with E-state index in [0.717, 1.165) is 19.3 Å². The van der Waals surface area contributed by atoms with Crippen LogP contribution in [0.2, 0.25) is 0 Å². The van der Waals surface area contributed by atoms with E-state index >= 15 is 0 Å². The third-order valence-electron chi connectivity index (χ3n) is 7.04. The van der Waals surface area contributed by atoms with Crippen molar-refractivity contribution in [3.8, 4) is 0 Å². The highest BCUT2D eigenvalue weighted by Crippen LogP contribution is 2.52. The van der Waals surface area contributed by atoms with Crippen molar-refractivity contribution in [3.05, 3.63) is 24.3 Å². The second-order valence-electron chi connectivity index (χ2n) is 8.36. The van der Waals surface area contributed by atoms with Crippen LogP contribution in [0.15, 0.2) is 24.3 Å². The van der Waals surface area contributed by atoms with Gasteiger partial charge in [-0.1, -0.05) is 24.3 Å². The van der Waals surface area contributed by atoms with Crippen LogP contribution in [0.3, 0.4) is 0 Å². The predicted octanol–water partition coefficient (Wildman–Crippen LogP) is 1.51. The number of allylic oxidation sites excluding steroid dienone is 4. The smallest absolute Gasteiger partial charge is 0.233 e. The molecule has 1 N–H and O–H groups in total. The fourth-order valence-corrected chi connectivity index (χ4v) is 5.85. The number of rotatable bonds is 5. The molecule has 0 aromatic rings. The lowest BCUT2D eigenvalue weighted by Crippen LogP contribution is -2.37. The van der Waals surface area contributed by atoms with Crippen molar-refractivity contribution in [1.29, 1.82) is 0 Å². The Morgan fingerprint density at radius 2 is 1.64 bits per heavy atom. The summed E-state index contributed by atoms with van der Waals surface area (Å²) in [6, 6.07) is 0. The minimum Gasteiger partial charge on any atom is -0.356 e. The summed E-state index contributed by atoms with van der Waals surface area (Å²) in [4.78, 5) is 38.9. The average molecular weight is 340 g/mol. The Labute approximate surface area is 147 Å². The van der Waals surface area contributed by atoms with Gasteiger partial charge in [0, 0.05) is 19.0 Å². The van der Waals surface area contributed by atoms with Gasteiger partial charge in [0.15, 0.2) is 0 Å². The maximum Gasteiger partial charge on any atom is 0.233 e. The van der Waals surface area contributed by atoms with Crippen LogP contribution in [-0.4, -0.2) is 35.7 Å². The van der Waals surface area contributed by atoms with Gasteiger partial charge in [0.1, 0.15) is 0 Å². The normalized spacial score (nSPS) is 42.7. The number of fused-ring (bicyclic) bond motifs is 7. The highest BCUT2D eigenvalue weighted by atomic mass is 16.2. The van der Waals surface area contributed by atoms with Gasteiger partial charge < -0.3 is 5.32 Å². The molecule has 3 amide bonds. The van der Waals surface area contributed by atoms with Crippen molar-refractivity contribution < 1.29 is 14.4 Å². The van der Waals surface area contributed by atoms with Crippen LogP contribution < -0.4 is 5.32 Å². The zero-order valence-corrected chi connectivity index (χ0v) is 14.3. The van der Waals surface area contributed by atoms with Gasteiger partial charge in [-0.3, -0.25) is 19.3 Å². The van der Waals surface area contributed by atoms with E-state index in [0.29, 0.717) is 31.3 Å². The lowest BCUT2D eigenvalue weighted by atomic mass is 9.85. The van der Waals surface area contributed by atoms with Crippen molar-refractivity contribution >= 4 is 17.7 Å². The van der Waals surface area contributed by atoms with Crippen LogP contribution in [0.25, 0.3) is 0 Å². The molecule has 0 radical (unpaired) electrons. The molecular formula is C20H24N2O3. The largest absolute Gasteiger partial charge is 0.356 e. The quantitative estimate of drug-likeness (QED) is 0.469. The number of nitrogens with one attached hydrogen (secondary N) is 1. The van der Waals surface area contributed by atoms with E-state index in [1.165, 1.54) is 4.90 Å². The van der Waals surface area contributed by atoms with Crippen molar-refractivity contribution in [2.24, 2.45) is 41.4 Å². The number of hydrogen-bond donors (Lipinski definition) is 1. The molecule has 2 saturated carbocycles. The molecule has 0 spiro atoms. The lowest BCUT2D eigenvalue weighted by molar-refractivity contribution is -0.140. The maximum absolute atomic E-state index is 12.6. The number of amides is 3. The van der Waals surface area contributed by atoms with E-state index in [2.05, 4.69) is 29.6 Å². The standard InChI is InChI=1S/C20H24N2O3/c23-18(15-9-11-2-3-12(15)8-11)21-6-1-7-22-19(24)16-13-4-5-14(10-13)17(16)20(22)25/h2-5,11-17H,1,6-10H2,(H,21,23)/t11-,12-,13-,14-,15+,16-,17+/m0/s1. The fraction of sp³-hybridized carbons (Fsp3) is 0.650. The summed E-state index contributed by atoms with van der Waals surface area (Å²) in [5, 5.41) is 3.01. The molecule has 4 aliphatic carbocycles. The van der Waals surface area contributed by atoms with E-state index in [-0.39, 0.29) is 47.3 Å². The Morgan fingerprint density at radius 1 is 0.960 bits per heavy atom. The third-order valence-corrected chi connectivity index (χ3v) is 7.04. The summed E-state index contributed by atoms with van der Waals surface area (Å²) in [5.41, 5.74) is 0. The molecule has 1 aliphatic heterocycles. The van der Waals surface area contributed by atoms with E-state index in [9.17, 15) is 14.4 Å². The molecule has 0 aromatic heterocycles. The van der Waals surface area contributed by atoms with Gasteiger partial charge in [0.05, 0.1) is 11.8 Å². The summed E-state index contributed by atoms with van der Waals surface area (Å²) < 4.78 is 0. The van der Waals surface area contributed by atoms with Crippen LogP contribution in [-0.2, 0) is 14.4 Å². The molecule has 4 bridgehead atoms. The molecule has 5 nitrogen and oxygen atoms in total. The molecule has 3 fully saturated rings. The summed E-state index contributed by atoms with van der Waals surface area (Å²) in [6.45, 7) is 0.967. The Balaban J connectivity index is 1.12. The fourth-order valence-electron chi connectivity index (χ4n) is 5.85. The van der Waals surface area contributed by atoms with Gasteiger partial charge >= 0.3 is 0 Å². The number of carbonyl (C=O) groups is 3.